The van der Waals surface area contributed by atoms with Gasteiger partial charge in [0.2, 0.25) is 5.91 Å². The Morgan fingerprint density at radius 2 is 2.18 bits per heavy atom. The predicted molar refractivity (Wildman–Crippen MR) is 53.1 cm³/mol. The van der Waals surface area contributed by atoms with E-state index in [2.05, 4.69) is 10.4 Å². The number of hydrogen-bond donors (Lipinski definition) is 1. The van der Waals surface area contributed by atoms with E-state index in [-0.39, 0.29) is 5.91 Å². The maximum atomic E-state index is 12.4. The van der Waals surface area contributed by atoms with Crippen LogP contribution in [0, 0.1) is 0 Å². The highest BCUT2D eigenvalue weighted by Gasteiger charge is 2.34. The Morgan fingerprint density at radius 1 is 1.41 bits per heavy atom. The molecule has 94 valence electrons. The summed E-state index contributed by atoms with van der Waals surface area (Å²) < 4.78 is 38.2. The molecule has 17 heavy (non-hydrogen) atoms. The zero-order chi connectivity index (χ0) is 12.5. The van der Waals surface area contributed by atoms with Gasteiger partial charge in [-0.15, -0.1) is 0 Å². The molecule has 2 heterocycles. The zero-order valence-electron chi connectivity index (χ0n) is 9.00. The van der Waals surface area contributed by atoms with Gasteiger partial charge in [0, 0.05) is 12.7 Å². The van der Waals surface area contributed by atoms with Crippen LogP contribution in [0.1, 0.15) is 31.0 Å². The first kappa shape index (κ1) is 11.9. The number of hydrogen-bond acceptors (Lipinski definition) is 2. The summed E-state index contributed by atoms with van der Waals surface area (Å²) in [7, 11) is 0. The summed E-state index contributed by atoms with van der Waals surface area (Å²) >= 11 is 0. The van der Waals surface area contributed by atoms with E-state index in [9.17, 15) is 18.0 Å². The smallest absolute Gasteiger partial charge is 0.354 e. The van der Waals surface area contributed by atoms with Crippen molar-refractivity contribution in [2.75, 3.05) is 6.54 Å². The van der Waals surface area contributed by atoms with Crippen molar-refractivity contribution >= 4 is 5.91 Å². The fourth-order valence-electron chi connectivity index (χ4n) is 1.84. The van der Waals surface area contributed by atoms with Crippen molar-refractivity contribution in [1.82, 2.24) is 15.1 Å². The minimum absolute atomic E-state index is 0.265. The van der Waals surface area contributed by atoms with Gasteiger partial charge in [0.25, 0.3) is 0 Å². The topological polar surface area (TPSA) is 46.9 Å². The molecular weight excluding hydrogens is 235 g/mol. The highest BCUT2D eigenvalue weighted by atomic mass is 19.4. The summed E-state index contributed by atoms with van der Waals surface area (Å²) in [6.07, 6.45) is -1.10. The zero-order valence-corrected chi connectivity index (χ0v) is 9.00. The molecular formula is C10H12F3N3O. The average molecular weight is 247 g/mol. The molecule has 0 bridgehead atoms. The molecule has 0 radical (unpaired) electrons. The van der Waals surface area contributed by atoms with Crippen LogP contribution in [0.15, 0.2) is 12.3 Å². The third-order valence-electron chi connectivity index (χ3n) is 2.72. The van der Waals surface area contributed by atoms with E-state index in [4.69, 9.17) is 0 Å². The minimum atomic E-state index is -4.47. The van der Waals surface area contributed by atoms with Gasteiger partial charge in [0.05, 0.1) is 0 Å². The molecule has 7 heteroatoms. The van der Waals surface area contributed by atoms with E-state index >= 15 is 0 Å². The lowest BCUT2D eigenvalue weighted by molar-refractivity contribution is -0.142. The van der Waals surface area contributed by atoms with Crippen LogP contribution in [0.25, 0.3) is 0 Å². The normalized spacial score (nSPS) is 22.1. The van der Waals surface area contributed by atoms with Crippen LogP contribution in [0.3, 0.4) is 0 Å². The van der Waals surface area contributed by atoms with E-state index in [0.29, 0.717) is 13.0 Å². The van der Waals surface area contributed by atoms with Gasteiger partial charge in [-0.3, -0.25) is 9.48 Å². The van der Waals surface area contributed by atoms with E-state index < -0.39 is 17.9 Å². The minimum Gasteiger partial charge on any atom is -0.354 e. The molecule has 2 rings (SSSR count). The molecule has 1 aliphatic rings. The van der Waals surface area contributed by atoms with Crippen LogP contribution in [0.4, 0.5) is 13.2 Å². The first-order valence-corrected chi connectivity index (χ1v) is 5.38. The Bertz CT molecular complexity index is 413. The maximum Gasteiger partial charge on any atom is 0.435 e. The third kappa shape index (κ3) is 2.59. The summed E-state index contributed by atoms with van der Waals surface area (Å²) in [5.74, 6) is -0.265. The summed E-state index contributed by atoms with van der Waals surface area (Å²) in [4.78, 5) is 11.6. The quantitative estimate of drug-likeness (QED) is 0.821. The highest BCUT2D eigenvalue weighted by Crippen LogP contribution is 2.28. The van der Waals surface area contributed by atoms with E-state index in [1.165, 1.54) is 6.20 Å². The van der Waals surface area contributed by atoms with Crippen molar-refractivity contribution in [2.24, 2.45) is 0 Å². The van der Waals surface area contributed by atoms with Crippen molar-refractivity contribution < 1.29 is 18.0 Å². The molecule has 1 N–H and O–H groups in total. The maximum absolute atomic E-state index is 12.4. The van der Waals surface area contributed by atoms with Crippen LogP contribution in [-0.2, 0) is 11.0 Å². The van der Waals surface area contributed by atoms with Crippen molar-refractivity contribution in [3.8, 4) is 0 Å². The molecule has 1 aliphatic heterocycles. The Hall–Kier alpha value is -1.53. The summed E-state index contributed by atoms with van der Waals surface area (Å²) in [6, 6.07) is 0.256. The lowest BCUT2D eigenvalue weighted by Gasteiger charge is -2.13. The monoisotopic (exact) mass is 247 g/mol. The van der Waals surface area contributed by atoms with Gasteiger partial charge in [0.1, 0.15) is 6.04 Å². The van der Waals surface area contributed by atoms with Crippen molar-refractivity contribution in [1.29, 1.82) is 0 Å². The Balaban J connectivity index is 2.21. The molecule has 1 aromatic rings. The van der Waals surface area contributed by atoms with Gasteiger partial charge < -0.3 is 5.32 Å². The Kier molecular flexibility index (Phi) is 3.08. The number of halogens is 3. The number of carbonyl (C=O) groups is 1. The molecule has 0 aliphatic carbocycles. The molecule has 1 aromatic heterocycles. The van der Waals surface area contributed by atoms with Gasteiger partial charge in [0.15, 0.2) is 5.69 Å². The largest absolute Gasteiger partial charge is 0.435 e. The average Bonchev–Trinajstić information content (AvgIpc) is 2.63. The predicted octanol–water partition coefficient (Wildman–Crippen LogP) is 1.74. The second-order valence-corrected chi connectivity index (χ2v) is 3.98. The summed E-state index contributed by atoms with van der Waals surface area (Å²) in [5, 5.41) is 6.09. The molecule has 1 saturated heterocycles. The molecule has 1 amide bonds. The highest BCUT2D eigenvalue weighted by molar-refractivity contribution is 5.80. The Labute approximate surface area is 95.8 Å². The lowest BCUT2D eigenvalue weighted by atomic mass is 10.1. The van der Waals surface area contributed by atoms with Gasteiger partial charge in [-0.1, -0.05) is 0 Å². The SMILES string of the molecule is O=C1NCCCCC1n1ccc(C(F)(F)F)n1. The summed E-state index contributed by atoms with van der Waals surface area (Å²) in [6.45, 7) is 0.572. The van der Waals surface area contributed by atoms with Gasteiger partial charge in [-0.05, 0) is 25.3 Å². The standard InChI is InChI=1S/C10H12F3N3O/c11-10(12,13)8-4-6-16(15-8)7-3-1-2-5-14-9(7)17/h4,6-7H,1-3,5H2,(H,14,17). The molecule has 0 aromatic carbocycles. The number of alkyl halides is 3. The number of aromatic nitrogens is 2. The number of rotatable bonds is 1. The fraction of sp³-hybridized carbons (Fsp3) is 0.600. The number of carbonyl (C=O) groups excluding carboxylic acids is 1. The van der Waals surface area contributed by atoms with Crippen LogP contribution >= 0.6 is 0 Å². The second kappa shape index (κ2) is 4.38. The van der Waals surface area contributed by atoms with Crippen LogP contribution in [0.5, 0.6) is 0 Å². The van der Waals surface area contributed by atoms with Crippen molar-refractivity contribution in [3.05, 3.63) is 18.0 Å². The number of nitrogens with one attached hydrogen (secondary N) is 1. The molecule has 1 atom stereocenters. The van der Waals surface area contributed by atoms with E-state index in [1.54, 1.807) is 0 Å². The second-order valence-electron chi connectivity index (χ2n) is 3.98. The van der Waals surface area contributed by atoms with Gasteiger partial charge >= 0.3 is 6.18 Å². The van der Waals surface area contributed by atoms with Crippen LogP contribution in [-0.4, -0.2) is 22.2 Å². The summed E-state index contributed by atoms with van der Waals surface area (Å²) in [5.41, 5.74) is -0.963. The lowest BCUT2D eigenvalue weighted by Crippen LogP contribution is -2.31. The molecule has 1 fully saturated rings. The number of nitrogens with zero attached hydrogens (tertiary/aromatic N) is 2. The fourth-order valence-corrected chi connectivity index (χ4v) is 1.84. The first-order valence-electron chi connectivity index (χ1n) is 5.38. The Morgan fingerprint density at radius 3 is 2.82 bits per heavy atom. The molecule has 4 nitrogen and oxygen atoms in total. The van der Waals surface area contributed by atoms with Crippen molar-refractivity contribution in [3.63, 3.8) is 0 Å². The van der Waals surface area contributed by atoms with Crippen LogP contribution < -0.4 is 5.32 Å². The van der Waals surface area contributed by atoms with Crippen molar-refractivity contribution in [2.45, 2.75) is 31.5 Å². The van der Waals surface area contributed by atoms with Gasteiger partial charge in [-0.2, -0.15) is 18.3 Å². The van der Waals surface area contributed by atoms with Crippen LogP contribution in [0.2, 0.25) is 0 Å². The molecule has 0 saturated carbocycles. The number of amides is 1. The molecule has 1 unspecified atom stereocenters. The third-order valence-corrected chi connectivity index (χ3v) is 2.72. The molecule has 0 spiro atoms. The van der Waals surface area contributed by atoms with E-state index in [1.807, 2.05) is 0 Å². The first-order chi connectivity index (χ1) is 7.98. The van der Waals surface area contributed by atoms with Gasteiger partial charge in [-0.25, -0.2) is 0 Å². The van der Waals surface area contributed by atoms with E-state index in [0.717, 1.165) is 23.6 Å².